The summed E-state index contributed by atoms with van der Waals surface area (Å²) in [5, 5.41) is 2.94. The number of likely N-dealkylation sites (N-methyl/N-ethyl adjacent to an activating group) is 1. The molecule has 0 radical (unpaired) electrons. The molecule has 3 rings (SSSR count). The number of carbonyl (C=O) groups is 1. The van der Waals surface area contributed by atoms with Crippen LogP contribution in [0.25, 0.3) is 5.57 Å². The predicted octanol–water partition coefficient (Wildman–Crippen LogP) is 2.94. The van der Waals surface area contributed by atoms with Crippen LogP contribution >= 0.6 is 0 Å². The van der Waals surface area contributed by atoms with E-state index in [1.807, 2.05) is 55.6 Å². The van der Waals surface area contributed by atoms with Gasteiger partial charge in [0.2, 0.25) is 5.91 Å². The lowest BCUT2D eigenvalue weighted by Gasteiger charge is -2.34. The van der Waals surface area contributed by atoms with Crippen molar-refractivity contribution in [3.63, 3.8) is 0 Å². The fourth-order valence-electron chi connectivity index (χ4n) is 3.22. The average molecular weight is 364 g/mol. The first-order valence-corrected chi connectivity index (χ1v) is 9.59. The molecule has 5 nitrogen and oxygen atoms in total. The molecule has 1 fully saturated rings. The predicted molar refractivity (Wildman–Crippen MR) is 111 cm³/mol. The van der Waals surface area contributed by atoms with Crippen molar-refractivity contribution >= 4 is 17.3 Å². The van der Waals surface area contributed by atoms with E-state index in [-0.39, 0.29) is 5.91 Å². The van der Waals surface area contributed by atoms with Crippen molar-refractivity contribution in [2.75, 3.05) is 37.6 Å². The number of allylic oxidation sites excluding steroid dienone is 1. The Kier molecular flexibility index (Phi) is 6.60. The Hall–Kier alpha value is -2.66. The van der Waals surface area contributed by atoms with Crippen molar-refractivity contribution in [3.8, 4) is 0 Å². The molecular formula is C22H28N4O. The maximum absolute atomic E-state index is 12.2. The number of rotatable bonds is 6. The van der Waals surface area contributed by atoms with E-state index in [2.05, 4.69) is 27.0 Å². The number of carbonyl (C=O) groups excluding carboxylic acids is 1. The molecular weight excluding hydrogens is 336 g/mol. The molecule has 2 aromatic rings. The summed E-state index contributed by atoms with van der Waals surface area (Å²) in [6.45, 7) is 9.94. The molecule has 0 saturated carbocycles. The molecule has 1 aromatic heterocycles. The van der Waals surface area contributed by atoms with Crippen molar-refractivity contribution < 1.29 is 4.79 Å². The third-order valence-electron chi connectivity index (χ3n) is 5.00. The van der Waals surface area contributed by atoms with Gasteiger partial charge >= 0.3 is 0 Å². The smallest absolute Gasteiger partial charge is 0.244 e. The second-order valence-electron chi connectivity index (χ2n) is 6.86. The summed E-state index contributed by atoms with van der Waals surface area (Å²) in [5.41, 5.74) is 3.01. The third kappa shape index (κ3) is 5.41. The lowest BCUT2D eigenvalue weighted by atomic mass is 10.1. The Morgan fingerprint density at radius 1 is 1.11 bits per heavy atom. The van der Waals surface area contributed by atoms with Gasteiger partial charge < -0.3 is 15.1 Å². The van der Waals surface area contributed by atoms with E-state index in [1.54, 1.807) is 6.08 Å². The zero-order valence-corrected chi connectivity index (χ0v) is 16.2. The zero-order chi connectivity index (χ0) is 19.1. The number of aromatic nitrogens is 1. The number of benzene rings is 1. The number of hydrogen-bond acceptors (Lipinski definition) is 4. The van der Waals surface area contributed by atoms with E-state index >= 15 is 0 Å². The zero-order valence-electron chi connectivity index (χ0n) is 16.2. The van der Waals surface area contributed by atoms with Crippen molar-refractivity contribution in [3.05, 3.63) is 65.9 Å². The molecule has 1 amide bonds. The molecule has 0 bridgehead atoms. The maximum Gasteiger partial charge on any atom is 0.244 e. The third-order valence-corrected chi connectivity index (χ3v) is 5.00. The minimum Gasteiger partial charge on any atom is -0.354 e. The molecule has 1 aromatic carbocycles. The lowest BCUT2D eigenvalue weighted by Crippen LogP contribution is -2.46. The topological polar surface area (TPSA) is 48.5 Å². The molecule has 5 heteroatoms. The van der Waals surface area contributed by atoms with Crippen LogP contribution in [0.4, 0.5) is 5.82 Å². The normalized spacial score (nSPS) is 15.6. The maximum atomic E-state index is 12.2. The summed E-state index contributed by atoms with van der Waals surface area (Å²) < 4.78 is 0. The van der Waals surface area contributed by atoms with Crippen LogP contribution in [0.5, 0.6) is 0 Å². The number of anilines is 1. The highest BCUT2D eigenvalue weighted by Crippen LogP contribution is 2.14. The fourth-order valence-corrected chi connectivity index (χ4v) is 3.22. The first kappa shape index (κ1) is 19.1. The van der Waals surface area contributed by atoms with Crippen LogP contribution in [0.1, 0.15) is 25.0 Å². The first-order valence-electron chi connectivity index (χ1n) is 9.59. The van der Waals surface area contributed by atoms with Gasteiger partial charge in [-0.1, -0.05) is 43.3 Å². The quantitative estimate of drug-likeness (QED) is 0.801. The van der Waals surface area contributed by atoms with Crippen LogP contribution in [0.3, 0.4) is 0 Å². The molecule has 0 spiro atoms. The van der Waals surface area contributed by atoms with E-state index in [0.29, 0.717) is 6.54 Å². The van der Waals surface area contributed by atoms with Gasteiger partial charge in [0, 0.05) is 45.0 Å². The summed E-state index contributed by atoms with van der Waals surface area (Å²) in [7, 11) is 0. The number of nitrogens with zero attached hydrogens (tertiary/aromatic N) is 3. The summed E-state index contributed by atoms with van der Waals surface area (Å²) in [5.74, 6) is 0.928. The Labute approximate surface area is 161 Å². The molecule has 1 N–H and O–H groups in total. The molecule has 0 aliphatic carbocycles. The fraction of sp³-hybridized carbons (Fsp3) is 0.364. The van der Waals surface area contributed by atoms with Gasteiger partial charge in [-0.25, -0.2) is 4.98 Å². The van der Waals surface area contributed by atoms with Crippen molar-refractivity contribution in [2.45, 2.75) is 20.4 Å². The largest absolute Gasteiger partial charge is 0.354 e. The van der Waals surface area contributed by atoms with Crippen LogP contribution < -0.4 is 10.2 Å². The highest BCUT2D eigenvalue weighted by Gasteiger charge is 2.16. The molecule has 0 atom stereocenters. The molecule has 27 heavy (non-hydrogen) atoms. The van der Waals surface area contributed by atoms with E-state index < -0.39 is 0 Å². The molecule has 142 valence electrons. The van der Waals surface area contributed by atoms with Crippen LogP contribution in [0.15, 0.2) is 54.7 Å². The van der Waals surface area contributed by atoms with Crippen LogP contribution in [0.2, 0.25) is 0 Å². The average Bonchev–Trinajstić information content (AvgIpc) is 2.73. The monoisotopic (exact) mass is 364 g/mol. The summed E-state index contributed by atoms with van der Waals surface area (Å²) in [6.07, 6.45) is 3.50. The van der Waals surface area contributed by atoms with Gasteiger partial charge in [-0.2, -0.15) is 0 Å². The first-order chi connectivity index (χ1) is 13.2. The van der Waals surface area contributed by atoms with Gasteiger partial charge in [0.15, 0.2) is 0 Å². The Bertz CT molecular complexity index is 763. The van der Waals surface area contributed by atoms with Gasteiger partial charge in [0.25, 0.3) is 0 Å². The lowest BCUT2D eigenvalue weighted by molar-refractivity contribution is -0.116. The van der Waals surface area contributed by atoms with Gasteiger partial charge in [-0.3, -0.25) is 4.79 Å². The minimum absolute atomic E-state index is 0.0869. The van der Waals surface area contributed by atoms with Crippen LogP contribution in [-0.2, 0) is 11.3 Å². The standard InChI is InChI=1S/C22H28N4O/c1-3-25-11-13-26(14-12-25)21-10-9-19(16-23-21)17-24-22(27)15-18(2)20-7-5-4-6-8-20/h4-10,15-16H,3,11-14,17H2,1-2H3,(H,24,27). The summed E-state index contributed by atoms with van der Waals surface area (Å²) in [6, 6.07) is 14.0. The van der Waals surface area contributed by atoms with Crippen LogP contribution in [-0.4, -0.2) is 48.5 Å². The van der Waals surface area contributed by atoms with E-state index in [0.717, 1.165) is 55.2 Å². The van der Waals surface area contributed by atoms with Gasteiger partial charge in [0.1, 0.15) is 5.82 Å². The minimum atomic E-state index is -0.0869. The molecule has 1 aliphatic rings. The Balaban J connectivity index is 1.51. The molecule has 1 aliphatic heterocycles. The second kappa shape index (κ2) is 9.33. The SMILES string of the molecule is CCN1CCN(c2ccc(CNC(=O)C=C(C)c3ccccc3)cn2)CC1. The highest BCUT2D eigenvalue weighted by molar-refractivity contribution is 5.94. The van der Waals surface area contributed by atoms with Gasteiger partial charge in [-0.05, 0) is 36.2 Å². The number of piperazine rings is 1. The second-order valence-corrected chi connectivity index (χ2v) is 6.86. The Morgan fingerprint density at radius 3 is 2.48 bits per heavy atom. The number of nitrogens with one attached hydrogen (secondary N) is 1. The van der Waals surface area contributed by atoms with Crippen molar-refractivity contribution in [2.24, 2.45) is 0 Å². The number of amides is 1. The summed E-state index contributed by atoms with van der Waals surface area (Å²) in [4.78, 5) is 21.5. The van der Waals surface area contributed by atoms with Crippen molar-refractivity contribution in [1.29, 1.82) is 0 Å². The molecule has 2 heterocycles. The molecule has 1 saturated heterocycles. The molecule has 0 unspecified atom stereocenters. The Morgan fingerprint density at radius 2 is 1.85 bits per heavy atom. The highest BCUT2D eigenvalue weighted by atomic mass is 16.1. The van der Waals surface area contributed by atoms with Crippen LogP contribution in [0, 0.1) is 0 Å². The van der Waals surface area contributed by atoms with Gasteiger partial charge in [0.05, 0.1) is 0 Å². The van der Waals surface area contributed by atoms with Gasteiger partial charge in [-0.15, -0.1) is 0 Å². The van der Waals surface area contributed by atoms with E-state index in [1.165, 1.54) is 0 Å². The number of hydrogen-bond donors (Lipinski definition) is 1. The summed E-state index contributed by atoms with van der Waals surface area (Å²) >= 11 is 0. The van der Waals surface area contributed by atoms with E-state index in [9.17, 15) is 4.79 Å². The van der Waals surface area contributed by atoms with E-state index in [4.69, 9.17) is 0 Å². The van der Waals surface area contributed by atoms with Crippen molar-refractivity contribution in [1.82, 2.24) is 15.2 Å². The number of pyridine rings is 1.